The lowest BCUT2D eigenvalue weighted by molar-refractivity contribution is -0.120. The second-order valence-corrected chi connectivity index (χ2v) is 5.10. The largest absolute Gasteiger partial charge is 0.508 e. The van der Waals surface area contributed by atoms with Gasteiger partial charge in [-0.1, -0.05) is 30.3 Å². The SMILES string of the molecule is CC(=O)N/C(=C/c1ccccc1C)C(=O)Nc1cccc(O)c1. The van der Waals surface area contributed by atoms with Gasteiger partial charge in [0.1, 0.15) is 11.4 Å². The standard InChI is InChI=1S/C18H18N2O3/c1-12-6-3-4-7-14(12)10-17(19-13(2)21)18(23)20-15-8-5-9-16(22)11-15/h3-11,22H,1-2H3,(H,19,21)(H,20,23)/b17-10+. The summed E-state index contributed by atoms with van der Waals surface area (Å²) in [6, 6.07) is 13.7. The molecule has 2 rings (SSSR count). The Hall–Kier alpha value is -3.08. The van der Waals surface area contributed by atoms with Crippen LogP contribution in [0.25, 0.3) is 6.08 Å². The molecule has 5 heteroatoms. The van der Waals surface area contributed by atoms with Crippen molar-refractivity contribution in [1.82, 2.24) is 5.32 Å². The van der Waals surface area contributed by atoms with Crippen molar-refractivity contribution in [2.75, 3.05) is 5.32 Å². The van der Waals surface area contributed by atoms with Crippen LogP contribution in [-0.2, 0) is 9.59 Å². The van der Waals surface area contributed by atoms with Crippen LogP contribution in [0.5, 0.6) is 5.75 Å². The third kappa shape index (κ3) is 4.71. The Balaban J connectivity index is 2.29. The molecule has 3 N–H and O–H groups in total. The van der Waals surface area contributed by atoms with Crippen molar-refractivity contribution in [2.24, 2.45) is 0 Å². The van der Waals surface area contributed by atoms with Crippen LogP contribution in [-0.4, -0.2) is 16.9 Å². The van der Waals surface area contributed by atoms with Crippen molar-refractivity contribution >= 4 is 23.6 Å². The van der Waals surface area contributed by atoms with E-state index in [1.165, 1.54) is 19.1 Å². The molecule has 0 saturated carbocycles. The number of phenols is 1. The first-order chi connectivity index (χ1) is 11.0. The number of benzene rings is 2. The molecule has 0 aliphatic carbocycles. The molecule has 0 fully saturated rings. The first-order valence-corrected chi connectivity index (χ1v) is 7.11. The molecule has 0 bridgehead atoms. The second kappa shape index (κ2) is 7.26. The van der Waals surface area contributed by atoms with Crippen LogP contribution in [0.4, 0.5) is 5.69 Å². The molecule has 118 valence electrons. The van der Waals surface area contributed by atoms with Crippen LogP contribution in [0.2, 0.25) is 0 Å². The molecule has 0 heterocycles. The maximum atomic E-state index is 12.4. The van der Waals surface area contributed by atoms with Gasteiger partial charge in [-0.25, -0.2) is 0 Å². The summed E-state index contributed by atoms with van der Waals surface area (Å²) >= 11 is 0. The van der Waals surface area contributed by atoms with Crippen molar-refractivity contribution in [3.05, 3.63) is 65.4 Å². The summed E-state index contributed by atoms with van der Waals surface area (Å²) in [6.45, 7) is 3.26. The quantitative estimate of drug-likeness (QED) is 0.760. The number of aryl methyl sites for hydroxylation is 1. The highest BCUT2D eigenvalue weighted by Gasteiger charge is 2.12. The van der Waals surface area contributed by atoms with E-state index in [1.54, 1.807) is 18.2 Å². The van der Waals surface area contributed by atoms with Crippen molar-refractivity contribution in [1.29, 1.82) is 0 Å². The highest BCUT2D eigenvalue weighted by molar-refractivity contribution is 6.08. The lowest BCUT2D eigenvalue weighted by atomic mass is 10.1. The Bertz CT molecular complexity index is 766. The minimum Gasteiger partial charge on any atom is -0.508 e. The van der Waals surface area contributed by atoms with Crippen LogP contribution in [0.3, 0.4) is 0 Å². The molecule has 23 heavy (non-hydrogen) atoms. The molecule has 0 unspecified atom stereocenters. The molecule has 2 aromatic rings. The van der Waals surface area contributed by atoms with E-state index < -0.39 is 5.91 Å². The number of carbonyl (C=O) groups excluding carboxylic acids is 2. The van der Waals surface area contributed by atoms with Crippen molar-refractivity contribution in [2.45, 2.75) is 13.8 Å². The number of amides is 2. The van der Waals surface area contributed by atoms with Crippen molar-refractivity contribution < 1.29 is 14.7 Å². The minimum absolute atomic E-state index is 0.0479. The number of aromatic hydroxyl groups is 1. The van der Waals surface area contributed by atoms with Gasteiger partial charge in [-0.2, -0.15) is 0 Å². The van der Waals surface area contributed by atoms with Gasteiger partial charge in [0.05, 0.1) is 0 Å². The lowest BCUT2D eigenvalue weighted by Crippen LogP contribution is -2.29. The predicted molar refractivity (Wildman–Crippen MR) is 89.7 cm³/mol. The van der Waals surface area contributed by atoms with E-state index in [2.05, 4.69) is 10.6 Å². The van der Waals surface area contributed by atoms with E-state index in [0.717, 1.165) is 11.1 Å². The summed E-state index contributed by atoms with van der Waals surface area (Å²) < 4.78 is 0. The van der Waals surface area contributed by atoms with Gasteiger partial charge >= 0.3 is 0 Å². The summed E-state index contributed by atoms with van der Waals surface area (Å²) in [6.07, 6.45) is 1.62. The molecule has 0 aliphatic heterocycles. The Labute approximate surface area is 134 Å². The number of rotatable bonds is 4. The van der Waals surface area contributed by atoms with Crippen molar-refractivity contribution in [3.63, 3.8) is 0 Å². The second-order valence-electron chi connectivity index (χ2n) is 5.10. The zero-order valence-corrected chi connectivity index (χ0v) is 13.0. The van der Waals surface area contributed by atoms with E-state index in [0.29, 0.717) is 5.69 Å². The third-order valence-electron chi connectivity index (χ3n) is 3.15. The van der Waals surface area contributed by atoms with Gasteiger partial charge in [0, 0.05) is 18.7 Å². The van der Waals surface area contributed by atoms with Gasteiger partial charge in [0.2, 0.25) is 5.91 Å². The van der Waals surface area contributed by atoms with Gasteiger partial charge in [0.25, 0.3) is 5.91 Å². The summed E-state index contributed by atoms with van der Waals surface area (Å²) in [4.78, 5) is 23.8. The highest BCUT2D eigenvalue weighted by atomic mass is 16.3. The average Bonchev–Trinajstić information content (AvgIpc) is 2.48. The van der Waals surface area contributed by atoms with Gasteiger partial charge in [-0.15, -0.1) is 0 Å². The zero-order chi connectivity index (χ0) is 16.8. The van der Waals surface area contributed by atoms with E-state index in [-0.39, 0.29) is 17.4 Å². The first-order valence-electron chi connectivity index (χ1n) is 7.11. The molecular formula is C18H18N2O3. The topological polar surface area (TPSA) is 78.4 Å². The fraction of sp³-hybridized carbons (Fsp3) is 0.111. The van der Waals surface area contributed by atoms with E-state index in [9.17, 15) is 14.7 Å². The number of phenolic OH excluding ortho intramolecular Hbond substituents is 1. The summed E-state index contributed by atoms with van der Waals surface area (Å²) in [7, 11) is 0. The monoisotopic (exact) mass is 310 g/mol. The molecular weight excluding hydrogens is 292 g/mol. The maximum Gasteiger partial charge on any atom is 0.272 e. The molecule has 5 nitrogen and oxygen atoms in total. The van der Waals surface area contributed by atoms with Crippen LogP contribution in [0, 0.1) is 6.92 Å². The Morgan fingerprint density at radius 3 is 2.48 bits per heavy atom. The maximum absolute atomic E-state index is 12.4. The fourth-order valence-electron chi connectivity index (χ4n) is 2.03. The fourth-order valence-corrected chi connectivity index (χ4v) is 2.03. The van der Waals surface area contributed by atoms with Gasteiger partial charge in [-0.3, -0.25) is 9.59 Å². The minimum atomic E-state index is -0.464. The van der Waals surface area contributed by atoms with Crippen LogP contribution < -0.4 is 10.6 Å². The van der Waals surface area contributed by atoms with Crippen LogP contribution in [0.1, 0.15) is 18.1 Å². The average molecular weight is 310 g/mol. The number of carbonyl (C=O) groups is 2. The van der Waals surface area contributed by atoms with Crippen LogP contribution >= 0.6 is 0 Å². The molecule has 0 aliphatic rings. The Morgan fingerprint density at radius 2 is 1.83 bits per heavy atom. The molecule has 2 aromatic carbocycles. The number of anilines is 1. The third-order valence-corrected chi connectivity index (χ3v) is 3.15. The highest BCUT2D eigenvalue weighted by Crippen LogP contribution is 2.17. The molecule has 2 amide bonds. The van der Waals surface area contributed by atoms with E-state index >= 15 is 0 Å². The normalized spacial score (nSPS) is 11.0. The zero-order valence-electron chi connectivity index (χ0n) is 13.0. The number of hydrogen-bond donors (Lipinski definition) is 3. The smallest absolute Gasteiger partial charge is 0.272 e. The Morgan fingerprint density at radius 1 is 1.09 bits per heavy atom. The van der Waals surface area contributed by atoms with Gasteiger partial charge < -0.3 is 15.7 Å². The van der Waals surface area contributed by atoms with E-state index in [4.69, 9.17) is 0 Å². The summed E-state index contributed by atoms with van der Waals surface area (Å²) in [5.41, 5.74) is 2.40. The van der Waals surface area contributed by atoms with Gasteiger partial charge in [0.15, 0.2) is 0 Å². The van der Waals surface area contributed by atoms with Gasteiger partial charge in [-0.05, 0) is 36.3 Å². The Kier molecular flexibility index (Phi) is 5.15. The number of hydrogen-bond acceptors (Lipinski definition) is 3. The van der Waals surface area contributed by atoms with Crippen molar-refractivity contribution in [3.8, 4) is 5.75 Å². The first kappa shape index (κ1) is 16.3. The molecule has 0 saturated heterocycles. The molecule has 0 atom stereocenters. The molecule has 0 aromatic heterocycles. The summed E-state index contributed by atoms with van der Waals surface area (Å²) in [5.74, 6) is -0.753. The summed E-state index contributed by atoms with van der Waals surface area (Å²) in [5, 5.41) is 14.6. The van der Waals surface area contributed by atoms with Crippen LogP contribution in [0.15, 0.2) is 54.2 Å². The van der Waals surface area contributed by atoms with E-state index in [1.807, 2.05) is 31.2 Å². The molecule has 0 radical (unpaired) electrons. The predicted octanol–water partition coefficient (Wildman–Crippen LogP) is 2.82. The molecule has 0 spiro atoms. The lowest BCUT2D eigenvalue weighted by Gasteiger charge is -2.10. The number of nitrogens with one attached hydrogen (secondary N) is 2.